The molecule has 0 aliphatic rings. The van der Waals surface area contributed by atoms with Crippen LogP contribution in [0.1, 0.15) is 13.8 Å². The van der Waals surface area contributed by atoms with Gasteiger partial charge >= 0.3 is 0 Å². The summed E-state index contributed by atoms with van der Waals surface area (Å²) >= 11 is 0. The first-order valence-electron chi connectivity index (χ1n) is 3.84. The number of rotatable bonds is 2. The number of nitrogens with one attached hydrogen (secondary N) is 1. The molecule has 1 heterocycles. The molecule has 1 rings (SSSR count). The minimum atomic E-state index is 0.537. The summed E-state index contributed by atoms with van der Waals surface area (Å²) in [5.74, 6) is 0.537. The first kappa shape index (κ1) is 11.0. The molecular formula is C8H15N3O. The summed E-state index contributed by atoms with van der Waals surface area (Å²) in [6.45, 7) is 4.74. The van der Waals surface area contributed by atoms with Crippen LogP contribution >= 0.6 is 0 Å². The highest BCUT2D eigenvalue weighted by molar-refractivity contribution is 4.70. The lowest BCUT2D eigenvalue weighted by atomic mass is 10.2. The van der Waals surface area contributed by atoms with Gasteiger partial charge in [-0.1, -0.05) is 13.8 Å². The highest BCUT2D eigenvalue weighted by Crippen LogP contribution is 1.83. The molecule has 0 saturated carbocycles. The molecule has 0 amide bonds. The molecule has 12 heavy (non-hydrogen) atoms. The summed E-state index contributed by atoms with van der Waals surface area (Å²) in [4.78, 5) is 7.44. The van der Waals surface area contributed by atoms with Crippen LogP contribution in [0.15, 0.2) is 24.8 Å². The zero-order valence-electron chi connectivity index (χ0n) is 7.44. The monoisotopic (exact) mass is 169 g/mol. The van der Waals surface area contributed by atoms with Gasteiger partial charge in [0.25, 0.3) is 0 Å². The smallest absolute Gasteiger partial charge is 0.0451 e. The number of hydroxylamine groups is 1. The fourth-order valence-electron chi connectivity index (χ4n) is 0.436. The Hall–Kier alpha value is -1.00. The van der Waals surface area contributed by atoms with Gasteiger partial charge in [0.2, 0.25) is 0 Å². The van der Waals surface area contributed by atoms with Gasteiger partial charge < -0.3 is 5.21 Å². The molecule has 0 unspecified atom stereocenters. The topological polar surface area (TPSA) is 58.0 Å². The summed E-state index contributed by atoms with van der Waals surface area (Å²) in [5.41, 5.74) is 2.07. The van der Waals surface area contributed by atoms with Gasteiger partial charge in [-0.3, -0.25) is 9.97 Å². The van der Waals surface area contributed by atoms with E-state index >= 15 is 0 Å². The Labute approximate surface area is 72.6 Å². The minimum Gasteiger partial charge on any atom is -0.317 e. The maximum absolute atomic E-state index is 7.99. The Morgan fingerprint density at radius 1 is 1.17 bits per heavy atom. The van der Waals surface area contributed by atoms with Crippen LogP contribution in [0.2, 0.25) is 0 Å². The fraction of sp³-hybridized carbons (Fsp3) is 0.500. The highest BCUT2D eigenvalue weighted by atomic mass is 16.5. The summed E-state index contributed by atoms with van der Waals surface area (Å²) in [6, 6.07) is 0. The lowest BCUT2D eigenvalue weighted by Crippen LogP contribution is -2.13. The van der Waals surface area contributed by atoms with Crippen molar-refractivity contribution in [1.29, 1.82) is 0 Å². The molecule has 0 radical (unpaired) electrons. The predicted molar refractivity (Wildman–Crippen MR) is 46.7 cm³/mol. The van der Waals surface area contributed by atoms with Crippen LogP contribution in [0.3, 0.4) is 0 Å². The second-order valence-electron chi connectivity index (χ2n) is 2.65. The van der Waals surface area contributed by atoms with Crippen LogP contribution in [-0.4, -0.2) is 21.7 Å². The van der Waals surface area contributed by atoms with Crippen LogP contribution in [0.5, 0.6) is 0 Å². The lowest BCUT2D eigenvalue weighted by Gasteiger charge is -1.97. The second-order valence-corrected chi connectivity index (χ2v) is 2.65. The van der Waals surface area contributed by atoms with E-state index in [0.717, 1.165) is 0 Å². The van der Waals surface area contributed by atoms with E-state index in [2.05, 4.69) is 15.4 Å². The summed E-state index contributed by atoms with van der Waals surface area (Å²) < 4.78 is 0. The van der Waals surface area contributed by atoms with E-state index in [1.807, 2.05) is 13.8 Å². The predicted octanol–water partition coefficient (Wildman–Crippen LogP) is 1.10. The third kappa shape index (κ3) is 9.00. The zero-order valence-corrected chi connectivity index (χ0v) is 7.44. The molecule has 0 bridgehead atoms. The molecule has 2 N–H and O–H groups in total. The molecule has 0 saturated heterocycles. The van der Waals surface area contributed by atoms with E-state index in [1.54, 1.807) is 24.8 Å². The molecule has 0 aromatic carbocycles. The normalized spacial score (nSPS) is 9.00. The average Bonchev–Trinajstić information content (AvgIpc) is 2.08. The van der Waals surface area contributed by atoms with E-state index in [4.69, 9.17) is 5.21 Å². The standard InChI is InChI=1S/C4H4N2.C4H11NO/c1-2-6-4-3-5-1;1-4(2)3-5-6/h1-4H;4-6H,3H2,1-2H3. The number of hydrogen-bond donors (Lipinski definition) is 2. The average molecular weight is 169 g/mol. The zero-order chi connectivity index (χ0) is 9.23. The molecular weight excluding hydrogens is 154 g/mol. The molecule has 4 heteroatoms. The van der Waals surface area contributed by atoms with Gasteiger partial charge in [0, 0.05) is 31.3 Å². The molecule has 0 aliphatic carbocycles. The molecule has 1 aromatic rings. The van der Waals surface area contributed by atoms with E-state index in [0.29, 0.717) is 12.5 Å². The first-order valence-corrected chi connectivity index (χ1v) is 3.84. The maximum Gasteiger partial charge on any atom is 0.0451 e. The lowest BCUT2D eigenvalue weighted by molar-refractivity contribution is 0.154. The summed E-state index contributed by atoms with van der Waals surface area (Å²) in [5, 5.41) is 7.99. The molecule has 0 spiro atoms. The van der Waals surface area contributed by atoms with E-state index in [-0.39, 0.29) is 0 Å². The Morgan fingerprint density at radius 3 is 1.67 bits per heavy atom. The molecule has 0 atom stereocenters. The van der Waals surface area contributed by atoms with Crippen LogP contribution < -0.4 is 5.48 Å². The number of hydrogen-bond acceptors (Lipinski definition) is 4. The Balaban J connectivity index is 0.000000202. The summed E-state index contributed by atoms with van der Waals surface area (Å²) in [7, 11) is 0. The van der Waals surface area contributed by atoms with Crippen LogP contribution in [0, 0.1) is 5.92 Å². The largest absolute Gasteiger partial charge is 0.317 e. The van der Waals surface area contributed by atoms with Crippen molar-refractivity contribution in [3.05, 3.63) is 24.8 Å². The van der Waals surface area contributed by atoms with Crippen molar-refractivity contribution in [3.63, 3.8) is 0 Å². The molecule has 4 nitrogen and oxygen atoms in total. The van der Waals surface area contributed by atoms with Crippen LogP contribution in [0.4, 0.5) is 0 Å². The first-order chi connectivity index (χ1) is 5.77. The van der Waals surface area contributed by atoms with Gasteiger partial charge in [-0.05, 0) is 5.92 Å². The van der Waals surface area contributed by atoms with Crippen molar-refractivity contribution in [1.82, 2.24) is 15.4 Å². The quantitative estimate of drug-likeness (QED) is 0.651. The maximum atomic E-state index is 7.99. The SMILES string of the molecule is CC(C)CNO.c1cnccn1. The van der Waals surface area contributed by atoms with Crippen LogP contribution in [0.25, 0.3) is 0 Å². The van der Waals surface area contributed by atoms with Crippen molar-refractivity contribution in [2.45, 2.75) is 13.8 Å². The number of nitrogens with zero attached hydrogens (tertiary/aromatic N) is 2. The third-order valence-corrected chi connectivity index (χ3v) is 0.977. The van der Waals surface area contributed by atoms with Crippen molar-refractivity contribution in [3.8, 4) is 0 Å². The Bertz CT molecular complexity index is 141. The van der Waals surface area contributed by atoms with Crippen molar-refractivity contribution in [2.75, 3.05) is 6.54 Å². The third-order valence-electron chi connectivity index (χ3n) is 0.977. The summed E-state index contributed by atoms with van der Waals surface area (Å²) in [6.07, 6.45) is 6.56. The Morgan fingerprint density at radius 2 is 1.58 bits per heavy atom. The molecule has 0 aliphatic heterocycles. The van der Waals surface area contributed by atoms with Gasteiger partial charge in [0.05, 0.1) is 0 Å². The van der Waals surface area contributed by atoms with Crippen molar-refractivity contribution in [2.24, 2.45) is 5.92 Å². The fourth-order valence-corrected chi connectivity index (χ4v) is 0.436. The van der Waals surface area contributed by atoms with Gasteiger partial charge in [-0.15, -0.1) is 0 Å². The Kier molecular flexibility index (Phi) is 7.42. The van der Waals surface area contributed by atoms with Gasteiger partial charge in [0.15, 0.2) is 0 Å². The van der Waals surface area contributed by atoms with Gasteiger partial charge in [-0.25, -0.2) is 5.48 Å². The van der Waals surface area contributed by atoms with Crippen LogP contribution in [-0.2, 0) is 0 Å². The van der Waals surface area contributed by atoms with Gasteiger partial charge in [-0.2, -0.15) is 0 Å². The van der Waals surface area contributed by atoms with E-state index < -0.39 is 0 Å². The highest BCUT2D eigenvalue weighted by Gasteiger charge is 1.85. The van der Waals surface area contributed by atoms with E-state index in [9.17, 15) is 0 Å². The molecule has 0 fully saturated rings. The van der Waals surface area contributed by atoms with Crippen molar-refractivity contribution >= 4 is 0 Å². The molecule has 1 aromatic heterocycles. The number of aromatic nitrogens is 2. The molecule has 68 valence electrons. The second kappa shape index (κ2) is 8.10. The van der Waals surface area contributed by atoms with Crippen molar-refractivity contribution < 1.29 is 5.21 Å². The van der Waals surface area contributed by atoms with E-state index in [1.165, 1.54) is 0 Å². The minimum absolute atomic E-state index is 0.537. The van der Waals surface area contributed by atoms with Gasteiger partial charge in [0.1, 0.15) is 0 Å².